The second-order valence-electron chi connectivity index (χ2n) is 3.00. The van der Waals surface area contributed by atoms with Crippen molar-refractivity contribution in [3.05, 3.63) is 46.7 Å². The summed E-state index contributed by atoms with van der Waals surface area (Å²) in [4.78, 5) is 4.10. The molecule has 0 spiro atoms. The fourth-order valence-corrected chi connectivity index (χ4v) is 2.79. The molecule has 0 aliphatic heterocycles. The van der Waals surface area contributed by atoms with E-state index in [2.05, 4.69) is 4.98 Å². The van der Waals surface area contributed by atoms with Crippen molar-refractivity contribution in [1.29, 1.82) is 5.26 Å². The number of nitrogens with zero attached hydrogens (tertiary/aromatic N) is 2. The van der Waals surface area contributed by atoms with Crippen molar-refractivity contribution in [2.75, 3.05) is 0 Å². The average Bonchev–Trinajstić information content (AvgIpc) is 2.81. The van der Waals surface area contributed by atoms with E-state index >= 15 is 0 Å². The fraction of sp³-hybridized carbons (Fsp3) is 0.0909. The predicted octanol–water partition coefficient (Wildman–Crippen LogP) is 3.45. The molecule has 0 fully saturated rings. The normalized spacial score (nSPS) is 10.0. The number of aromatic nitrogens is 1. The zero-order valence-electron chi connectivity index (χ0n) is 8.18. The maximum absolute atomic E-state index is 13.4. The van der Waals surface area contributed by atoms with Crippen LogP contribution >= 0.6 is 23.1 Å². The van der Waals surface area contributed by atoms with Crippen molar-refractivity contribution >= 4 is 23.1 Å². The van der Waals surface area contributed by atoms with E-state index in [4.69, 9.17) is 5.26 Å². The topological polar surface area (TPSA) is 36.7 Å². The summed E-state index contributed by atoms with van der Waals surface area (Å²) in [5, 5.41) is 10.6. The minimum absolute atomic E-state index is 0.275. The summed E-state index contributed by atoms with van der Waals surface area (Å²) in [6.45, 7) is 0. The predicted molar refractivity (Wildman–Crippen MR) is 62.8 cm³/mol. The van der Waals surface area contributed by atoms with Crippen molar-refractivity contribution < 1.29 is 4.39 Å². The minimum Gasteiger partial charge on any atom is -0.238 e. The van der Waals surface area contributed by atoms with Gasteiger partial charge in [0.1, 0.15) is 10.2 Å². The van der Waals surface area contributed by atoms with Gasteiger partial charge in [-0.2, -0.15) is 5.26 Å². The Balaban J connectivity index is 2.12. The summed E-state index contributed by atoms with van der Waals surface area (Å²) in [5.74, 6) is 0.220. The highest BCUT2D eigenvalue weighted by Gasteiger charge is 2.05. The molecular weight excluding hydrogens is 243 g/mol. The zero-order valence-corrected chi connectivity index (χ0v) is 9.82. The van der Waals surface area contributed by atoms with E-state index in [9.17, 15) is 4.39 Å². The third-order valence-electron chi connectivity index (χ3n) is 1.94. The summed E-state index contributed by atoms with van der Waals surface area (Å²) < 4.78 is 14.3. The van der Waals surface area contributed by atoms with Crippen LogP contribution < -0.4 is 0 Å². The Morgan fingerprint density at radius 3 is 3.06 bits per heavy atom. The van der Waals surface area contributed by atoms with Crippen molar-refractivity contribution in [3.8, 4) is 6.07 Å². The molecule has 0 saturated heterocycles. The fourth-order valence-electron chi connectivity index (χ4n) is 1.18. The molecule has 0 N–H and O–H groups in total. The Bertz CT molecular complexity index is 517. The summed E-state index contributed by atoms with van der Waals surface area (Å²) >= 11 is 2.99. The second-order valence-corrected chi connectivity index (χ2v) is 5.12. The summed E-state index contributed by atoms with van der Waals surface area (Å²) in [5.41, 5.74) is 1.02. The number of rotatable bonds is 3. The van der Waals surface area contributed by atoms with Crippen LogP contribution in [0.2, 0.25) is 0 Å². The summed E-state index contributed by atoms with van der Waals surface area (Å²) in [6, 6.07) is 6.39. The van der Waals surface area contributed by atoms with Gasteiger partial charge in [-0.25, -0.2) is 9.37 Å². The van der Waals surface area contributed by atoms with Gasteiger partial charge >= 0.3 is 0 Å². The highest BCUT2D eigenvalue weighted by Crippen LogP contribution is 2.25. The third-order valence-corrected chi connectivity index (χ3v) is 3.95. The van der Waals surface area contributed by atoms with Gasteiger partial charge in [-0.05, 0) is 23.8 Å². The van der Waals surface area contributed by atoms with Crippen molar-refractivity contribution in [1.82, 2.24) is 4.98 Å². The SMILES string of the molecule is N#Cc1ccc(F)c(CSc2nccs2)c1. The molecule has 0 atom stereocenters. The average molecular weight is 250 g/mol. The van der Waals surface area contributed by atoms with Crippen LogP contribution in [0.25, 0.3) is 0 Å². The van der Waals surface area contributed by atoms with Gasteiger partial charge in [0.2, 0.25) is 0 Å². The second kappa shape index (κ2) is 5.10. The number of thiazole rings is 1. The Labute approximate surface area is 101 Å². The van der Waals surface area contributed by atoms with Gasteiger partial charge in [-0.1, -0.05) is 11.8 Å². The number of hydrogen-bond donors (Lipinski definition) is 0. The molecule has 0 saturated carbocycles. The van der Waals surface area contributed by atoms with Crippen LogP contribution in [0.1, 0.15) is 11.1 Å². The van der Waals surface area contributed by atoms with E-state index in [1.165, 1.54) is 35.2 Å². The summed E-state index contributed by atoms with van der Waals surface area (Å²) in [6.07, 6.45) is 1.72. The van der Waals surface area contributed by atoms with Crippen LogP contribution in [0.15, 0.2) is 34.1 Å². The van der Waals surface area contributed by atoms with Gasteiger partial charge in [0.15, 0.2) is 0 Å². The molecule has 2 rings (SSSR count). The van der Waals surface area contributed by atoms with E-state index in [1.54, 1.807) is 12.3 Å². The quantitative estimate of drug-likeness (QED) is 0.783. The van der Waals surface area contributed by atoms with E-state index in [1.807, 2.05) is 11.4 Å². The molecule has 0 bridgehead atoms. The molecule has 1 aromatic carbocycles. The van der Waals surface area contributed by atoms with Crippen LogP contribution in [0, 0.1) is 17.1 Å². The molecule has 0 aliphatic rings. The molecule has 2 aromatic rings. The number of hydrogen-bond acceptors (Lipinski definition) is 4. The number of nitriles is 1. The molecule has 0 unspecified atom stereocenters. The highest BCUT2D eigenvalue weighted by atomic mass is 32.2. The third kappa shape index (κ3) is 2.60. The van der Waals surface area contributed by atoms with Crippen molar-refractivity contribution in [3.63, 3.8) is 0 Å². The first-order chi connectivity index (χ1) is 7.79. The maximum Gasteiger partial charge on any atom is 0.150 e. The molecule has 2 nitrogen and oxygen atoms in total. The van der Waals surface area contributed by atoms with E-state index in [0.717, 1.165) is 4.34 Å². The van der Waals surface area contributed by atoms with Gasteiger partial charge in [-0.15, -0.1) is 11.3 Å². The molecular formula is C11H7FN2S2. The molecule has 0 amide bonds. The largest absolute Gasteiger partial charge is 0.238 e. The van der Waals surface area contributed by atoms with E-state index < -0.39 is 0 Å². The van der Waals surface area contributed by atoms with E-state index in [0.29, 0.717) is 16.9 Å². The minimum atomic E-state index is -0.275. The van der Waals surface area contributed by atoms with Gasteiger partial charge in [0.25, 0.3) is 0 Å². The highest BCUT2D eigenvalue weighted by molar-refractivity contribution is 8.00. The standard InChI is InChI=1S/C11H7FN2S2/c12-10-2-1-8(6-13)5-9(10)7-16-11-14-3-4-15-11/h1-5H,7H2. The maximum atomic E-state index is 13.4. The number of thioether (sulfide) groups is 1. The Hall–Kier alpha value is -1.38. The Morgan fingerprint density at radius 1 is 1.50 bits per heavy atom. The number of halogens is 1. The Morgan fingerprint density at radius 2 is 2.38 bits per heavy atom. The van der Waals surface area contributed by atoms with Crippen molar-refractivity contribution in [2.45, 2.75) is 10.1 Å². The molecule has 80 valence electrons. The monoisotopic (exact) mass is 250 g/mol. The lowest BCUT2D eigenvalue weighted by atomic mass is 10.1. The lowest BCUT2D eigenvalue weighted by molar-refractivity contribution is 0.617. The van der Waals surface area contributed by atoms with Gasteiger partial charge in [-0.3, -0.25) is 0 Å². The van der Waals surface area contributed by atoms with Gasteiger partial charge in [0.05, 0.1) is 11.6 Å². The van der Waals surface area contributed by atoms with Crippen LogP contribution in [0.4, 0.5) is 4.39 Å². The summed E-state index contributed by atoms with van der Waals surface area (Å²) in [7, 11) is 0. The van der Waals surface area contributed by atoms with Gasteiger partial charge < -0.3 is 0 Å². The van der Waals surface area contributed by atoms with Crippen LogP contribution in [-0.4, -0.2) is 4.98 Å². The lowest BCUT2D eigenvalue weighted by Crippen LogP contribution is -1.89. The molecule has 0 radical (unpaired) electrons. The van der Waals surface area contributed by atoms with Crippen LogP contribution in [0.5, 0.6) is 0 Å². The Kier molecular flexibility index (Phi) is 3.54. The zero-order chi connectivity index (χ0) is 11.4. The first kappa shape index (κ1) is 11.1. The first-order valence-electron chi connectivity index (χ1n) is 4.50. The van der Waals surface area contributed by atoms with Gasteiger partial charge in [0, 0.05) is 17.3 Å². The van der Waals surface area contributed by atoms with Crippen molar-refractivity contribution in [2.24, 2.45) is 0 Å². The molecule has 1 heterocycles. The first-order valence-corrected chi connectivity index (χ1v) is 6.37. The molecule has 0 aliphatic carbocycles. The molecule has 16 heavy (non-hydrogen) atoms. The van der Waals surface area contributed by atoms with Crippen LogP contribution in [0.3, 0.4) is 0 Å². The lowest BCUT2D eigenvalue weighted by Gasteiger charge is -2.01. The smallest absolute Gasteiger partial charge is 0.150 e. The molecule has 5 heteroatoms. The molecule has 1 aromatic heterocycles. The van der Waals surface area contributed by atoms with E-state index in [-0.39, 0.29) is 5.82 Å². The number of benzene rings is 1. The van der Waals surface area contributed by atoms with Crippen LogP contribution in [-0.2, 0) is 5.75 Å².